The summed E-state index contributed by atoms with van der Waals surface area (Å²) < 4.78 is 0. The number of nitrogens with one attached hydrogen (secondary N) is 1. The second-order valence-corrected chi connectivity index (χ2v) is 4.34. The molecule has 3 N–H and O–H groups in total. The number of halogens is 2. The summed E-state index contributed by atoms with van der Waals surface area (Å²) in [4.78, 5) is 21.3. The molecule has 0 aliphatic rings. The molecule has 8 heteroatoms. The van der Waals surface area contributed by atoms with Gasteiger partial charge in [0.1, 0.15) is 5.71 Å². The van der Waals surface area contributed by atoms with Crippen molar-refractivity contribution in [2.75, 3.05) is 5.43 Å². The van der Waals surface area contributed by atoms with Crippen molar-refractivity contribution in [1.29, 1.82) is 0 Å². The zero-order valence-electron chi connectivity index (χ0n) is 9.56. The molecule has 6 nitrogen and oxygen atoms in total. The Kier molecular flexibility index (Phi) is 5.59. The third kappa shape index (κ3) is 5.15. The predicted octanol–water partition coefficient (Wildman–Crippen LogP) is 2.71. The highest BCUT2D eigenvalue weighted by molar-refractivity contribution is 6.36. The highest BCUT2D eigenvalue weighted by atomic mass is 35.5. The van der Waals surface area contributed by atoms with Gasteiger partial charge >= 0.3 is 11.9 Å². The van der Waals surface area contributed by atoms with E-state index in [0.717, 1.165) is 0 Å². The van der Waals surface area contributed by atoms with E-state index in [9.17, 15) is 9.59 Å². The normalized spacial score (nSPS) is 11.2. The third-order valence-electron chi connectivity index (χ3n) is 2.06. The summed E-state index contributed by atoms with van der Waals surface area (Å²) >= 11 is 11.6. The SMILES string of the molecule is O=C(O)CC/C(=N/Nc1cc(Cl)ccc1Cl)C(=O)O. The molecule has 0 fully saturated rings. The minimum absolute atomic E-state index is 0.199. The van der Waals surface area contributed by atoms with Gasteiger partial charge in [0.2, 0.25) is 0 Å². The smallest absolute Gasteiger partial charge is 0.352 e. The van der Waals surface area contributed by atoms with Crippen molar-refractivity contribution in [3.8, 4) is 0 Å². The average molecular weight is 305 g/mol. The Balaban J connectivity index is 2.82. The molecule has 0 spiro atoms. The van der Waals surface area contributed by atoms with Gasteiger partial charge < -0.3 is 10.2 Å². The monoisotopic (exact) mass is 304 g/mol. The number of nitrogens with zero attached hydrogens (tertiary/aromatic N) is 1. The largest absolute Gasteiger partial charge is 0.481 e. The molecule has 1 aromatic rings. The Bertz CT molecular complexity index is 531. The fraction of sp³-hybridized carbons (Fsp3) is 0.182. The molecule has 0 radical (unpaired) electrons. The molecule has 0 atom stereocenters. The molecule has 0 bridgehead atoms. The minimum atomic E-state index is -1.30. The number of anilines is 1. The lowest BCUT2D eigenvalue weighted by Gasteiger charge is -2.05. The summed E-state index contributed by atoms with van der Waals surface area (Å²) in [6.07, 6.45) is -0.522. The van der Waals surface area contributed by atoms with Crippen LogP contribution in [0.4, 0.5) is 5.69 Å². The van der Waals surface area contributed by atoms with Crippen molar-refractivity contribution in [3.63, 3.8) is 0 Å². The van der Waals surface area contributed by atoms with Crippen molar-refractivity contribution < 1.29 is 19.8 Å². The van der Waals surface area contributed by atoms with Gasteiger partial charge in [-0.15, -0.1) is 0 Å². The molecular formula is C11H10Cl2N2O4. The van der Waals surface area contributed by atoms with E-state index in [1.54, 1.807) is 6.07 Å². The molecule has 19 heavy (non-hydrogen) atoms. The van der Waals surface area contributed by atoms with Crippen LogP contribution < -0.4 is 5.43 Å². The van der Waals surface area contributed by atoms with Crippen molar-refractivity contribution in [2.45, 2.75) is 12.8 Å². The molecule has 102 valence electrons. The fourth-order valence-corrected chi connectivity index (χ4v) is 1.48. The average Bonchev–Trinajstić information content (AvgIpc) is 2.32. The number of hydrogen-bond donors (Lipinski definition) is 3. The summed E-state index contributed by atoms with van der Waals surface area (Å²) in [5.41, 5.74) is 2.49. The van der Waals surface area contributed by atoms with Crippen LogP contribution in [0.15, 0.2) is 23.3 Å². The number of rotatable bonds is 6. The van der Waals surface area contributed by atoms with Crippen molar-refractivity contribution in [3.05, 3.63) is 28.2 Å². The Morgan fingerprint density at radius 2 is 1.89 bits per heavy atom. The topological polar surface area (TPSA) is 99.0 Å². The summed E-state index contributed by atoms with van der Waals surface area (Å²) in [7, 11) is 0. The van der Waals surface area contributed by atoms with E-state index in [2.05, 4.69) is 10.5 Å². The van der Waals surface area contributed by atoms with E-state index in [4.69, 9.17) is 33.4 Å². The number of hydrogen-bond acceptors (Lipinski definition) is 4. The van der Waals surface area contributed by atoms with E-state index < -0.39 is 11.9 Å². The molecular weight excluding hydrogens is 295 g/mol. The molecule has 0 heterocycles. The molecule has 0 unspecified atom stereocenters. The van der Waals surface area contributed by atoms with Crippen LogP contribution in [0.1, 0.15) is 12.8 Å². The zero-order chi connectivity index (χ0) is 14.4. The van der Waals surface area contributed by atoms with Gasteiger partial charge in [0.15, 0.2) is 0 Å². The van der Waals surface area contributed by atoms with Gasteiger partial charge in [0.25, 0.3) is 0 Å². The van der Waals surface area contributed by atoms with Gasteiger partial charge in [-0.3, -0.25) is 10.2 Å². The number of hydrazone groups is 1. The lowest BCUT2D eigenvalue weighted by molar-refractivity contribution is -0.136. The zero-order valence-corrected chi connectivity index (χ0v) is 11.1. The second-order valence-electron chi connectivity index (χ2n) is 3.49. The van der Waals surface area contributed by atoms with Crippen molar-refractivity contribution in [2.24, 2.45) is 5.10 Å². The van der Waals surface area contributed by atoms with Gasteiger partial charge in [-0.2, -0.15) is 5.10 Å². The first-order valence-corrected chi connectivity index (χ1v) is 5.88. The van der Waals surface area contributed by atoms with E-state index in [1.165, 1.54) is 12.1 Å². The van der Waals surface area contributed by atoms with Crippen molar-refractivity contribution in [1.82, 2.24) is 0 Å². The van der Waals surface area contributed by atoms with Crippen LogP contribution in [0.2, 0.25) is 10.0 Å². The number of aliphatic carboxylic acids is 2. The van der Waals surface area contributed by atoms with Gasteiger partial charge in [-0.05, 0) is 18.2 Å². The maximum absolute atomic E-state index is 10.9. The Morgan fingerprint density at radius 1 is 1.21 bits per heavy atom. The second kappa shape index (κ2) is 6.96. The van der Waals surface area contributed by atoms with Crippen LogP contribution in [0, 0.1) is 0 Å². The quantitative estimate of drug-likeness (QED) is 0.554. The lowest BCUT2D eigenvalue weighted by Crippen LogP contribution is -2.16. The maximum atomic E-state index is 10.9. The molecule has 1 aromatic carbocycles. The highest BCUT2D eigenvalue weighted by Crippen LogP contribution is 2.25. The minimum Gasteiger partial charge on any atom is -0.481 e. The molecule has 0 saturated carbocycles. The lowest BCUT2D eigenvalue weighted by atomic mass is 10.2. The van der Waals surface area contributed by atoms with Crippen LogP contribution >= 0.6 is 23.2 Å². The molecule has 0 aliphatic heterocycles. The summed E-state index contributed by atoms with van der Waals surface area (Å²) in [5.74, 6) is -2.40. The number of carbonyl (C=O) groups is 2. The van der Waals surface area contributed by atoms with Gasteiger partial charge in [0, 0.05) is 11.4 Å². The van der Waals surface area contributed by atoms with E-state index in [0.29, 0.717) is 15.7 Å². The number of carboxylic acid groups (broad SMARTS) is 2. The summed E-state index contributed by atoms with van der Waals surface area (Å²) in [5, 5.41) is 21.7. The van der Waals surface area contributed by atoms with Crippen LogP contribution in [-0.4, -0.2) is 27.9 Å². The van der Waals surface area contributed by atoms with Gasteiger partial charge in [-0.1, -0.05) is 23.2 Å². The van der Waals surface area contributed by atoms with E-state index in [1.807, 2.05) is 0 Å². The first kappa shape index (κ1) is 15.3. The Labute approximate surface area is 118 Å². The highest BCUT2D eigenvalue weighted by Gasteiger charge is 2.12. The van der Waals surface area contributed by atoms with Gasteiger partial charge in [0.05, 0.1) is 17.1 Å². The predicted molar refractivity (Wildman–Crippen MR) is 72.0 cm³/mol. The molecule has 0 saturated heterocycles. The van der Waals surface area contributed by atoms with Crippen LogP contribution in [0.5, 0.6) is 0 Å². The maximum Gasteiger partial charge on any atom is 0.352 e. The summed E-state index contributed by atoms with van der Waals surface area (Å²) in [6.45, 7) is 0. The Morgan fingerprint density at radius 3 is 2.47 bits per heavy atom. The van der Waals surface area contributed by atoms with Crippen LogP contribution in [0.3, 0.4) is 0 Å². The first-order valence-electron chi connectivity index (χ1n) is 5.13. The third-order valence-corrected chi connectivity index (χ3v) is 2.63. The fourth-order valence-electron chi connectivity index (χ4n) is 1.15. The standard InChI is InChI=1S/C11H10Cl2N2O4/c12-6-1-2-7(13)9(5-6)15-14-8(11(18)19)3-4-10(16)17/h1-2,5,15H,3-4H2,(H,16,17)(H,18,19)/b14-8-. The first-order chi connectivity index (χ1) is 8.90. The van der Waals surface area contributed by atoms with Gasteiger partial charge in [-0.25, -0.2) is 4.79 Å². The molecule has 0 amide bonds. The van der Waals surface area contributed by atoms with Crippen LogP contribution in [0.25, 0.3) is 0 Å². The van der Waals surface area contributed by atoms with Crippen molar-refractivity contribution >= 4 is 46.5 Å². The summed E-state index contributed by atoms with van der Waals surface area (Å²) in [6, 6.07) is 4.57. The molecule has 1 rings (SSSR count). The molecule has 0 aliphatic carbocycles. The Hall–Kier alpha value is -1.79. The molecule has 0 aromatic heterocycles. The number of benzene rings is 1. The number of carboxylic acids is 2. The van der Waals surface area contributed by atoms with E-state index in [-0.39, 0.29) is 18.6 Å². The van der Waals surface area contributed by atoms with Crippen LogP contribution in [-0.2, 0) is 9.59 Å². The van der Waals surface area contributed by atoms with E-state index >= 15 is 0 Å².